The third-order valence-electron chi connectivity index (χ3n) is 5.47. The van der Waals surface area contributed by atoms with Gasteiger partial charge in [0.1, 0.15) is 5.71 Å². The Hall–Kier alpha value is -2.02. The smallest absolute Gasteiger partial charge is 0.307 e. The zero-order valence-corrected chi connectivity index (χ0v) is 18.6. The number of rotatable bonds is 7. The van der Waals surface area contributed by atoms with Crippen molar-refractivity contribution in [1.82, 2.24) is 0 Å². The van der Waals surface area contributed by atoms with Crippen LogP contribution in [-0.4, -0.2) is 15.5 Å². The van der Waals surface area contributed by atoms with Crippen LogP contribution in [-0.2, 0) is 10.3 Å². The normalized spacial score (nSPS) is 14.4. The van der Waals surface area contributed by atoms with Crippen LogP contribution in [0.4, 0.5) is 4.79 Å². The van der Waals surface area contributed by atoms with Crippen molar-refractivity contribution in [3.05, 3.63) is 59.2 Å². The van der Waals surface area contributed by atoms with Gasteiger partial charge in [-0.05, 0) is 48.1 Å². The number of oxime groups is 1. The van der Waals surface area contributed by atoms with E-state index >= 15 is 0 Å². The molecule has 0 radical (unpaired) electrons. The SMILES string of the molecule is CCCC1(CCC)c2ccccc2-c2ccc(C(=O)/C(C)=N/OC(=O)I)cc21. The fraction of sp³-hybridized carbons (Fsp3) is 0.348. The maximum Gasteiger partial charge on any atom is 0.393 e. The van der Waals surface area contributed by atoms with E-state index in [2.05, 4.69) is 48.1 Å². The molecule has 3 rings (SSSR count). The highest BCUT2D eigenvalue weighted by molar-refractivity contribution is 14.1. The highest BCUT2D eigenvalue weighted by Gasteiger charge is 2.41. The molecule has 0 saturated heterocycles. The Kier molecular flexibility index (Phi) is 6.33. The van der Waals surface area contributed by atoms with Crippen molar-refractivity contribution in [2.75, 3.05) is 0 Å². The van der Waals surface area contributed by atoms with Crippen LogP contribution >= 0.6 is 22.6 Å². The van der Waals surface area contributed by atoms with Gasteiger partial charge in [0.2, 0.25) is 5.78 Å². The van der Waals surface area contributed by atoms with Crippen LogP contribution in [0.1, 0.15) is 67.9 Å². The van der Waals surface area contributed by atoms with Crippen LogP contribution in [0.15, 0.2) is 47.6 Å². The highest BCUT2D eigenvalue weighted by Crippen LogP contribution is 2.53. The second-order valence-corrected chi connectivity index (χ2v) is 8.10. The van der Waals surface area contributed by atoms with Crippen LogP contribution in [0, 0.1) is 0 Å². The monoisotopic (exact) mass is 489 g/mol. The summed E-state index contributed by atoms with van der Waals surface area (Å²) < 4.78 is -0.570. The standard InChI is InChI=1S/C23H24INO3/c1-4-12-23(13-5-2)19-9-7-6-8-17(19)18-11-10-16(14-20(18)23)21(26)15(3)25-28-22(24)27/h6-11,14H,4-5,12-13H2,1-3H3/b25-15+. The van der Waals surface area contributed by atoms with Gasteiger partial charge in [0.15, 0.2) is 0 Å². The minimum absolute atomic E-state index is 0.0640. The third kappa shape index (κ3) is 3.64. The maximum atomic E-state index is 12.8. The Labute approximate surface area is 179 Å². The van der Waals surface area contributed by atoms with Crippen LogP contribution in [0.5, 0.6) is 0 Å². The van der Waals surface area contributed by atoms with Crippen molar-refractivity contribution < 1.29 is 14.4 Å². The van der Waals surface area contributed by atoms with Gasteiger partial charge in [0, 0.05) is 11.0 Å². The molecule has 0 N–H and O–H groups in total. The van der Waals surface area contributed by atoms with E-state index in [4.69, 9.17) is 0 Å². The molecule has 0 heterocycles. The van der Waals surface area contributed by atoms with Crippen LogP contribution < -0.4 is 0 Å². The van der Waals surface area contributed by atoms with Gasteiger partial charge in [0.25, 0.3) is 0 Å². The lowest BCUT2D eigenvalue weighted by atomic mass is 9.71. The molecule has 28 heavy (non-hydrogen) atoms. The summed E-state index contributed by atoms with van der Waals surface area (Å²) in [5.74, 6) is -0.224. The second-order valence-electron chi connectivity index (χ2n) is 7.22. The molecule has 2 aromatic carbocycles. The predicted octanol–water partition coefficient (Wildman–Crippen LogP) is 6.68. The number of hydrogen-bond donors (Lipinski definition) is 0. The molecule has 0 unspecified atom stereocenters. The first-order valence-electron chi connectivity index (χ1n) is 9.64. The molecule has 0 bridgehead atoms. The highest BCUT2D eigenvalue weighted by atomic mass is 127. The van der Waals surface area contributed by atoms with Crippen molar-refractivity contribution >= 4 is 38.1 Å². The summed E-state index contributed by atoms with van der Waals surface area (Å²) in [6.07, 6.45) is 4.22. The van der Waals surface area contributed by atoms with Gasteiger partial charge in [-0.3, -0.25) is 4.79 Å². The molecule has 1 aliphatic rings. The second kappa shape index (κ2) is 8.55. The topological polar surface area (TPSA) is 55.7 Å². The van der Waals surface area contributed by atoms with Crippen molar-refractivity contribution in [2.24, 2.45) is 5.16 Å². The average molecular weight is 489 g/mol. The zero-order chi connectivity index (χ0) is 20.3. The van der Waals surface area contributed by atoms with E-state index in [1.165, 1.54) is 44.8 Å². The van der Waals surface area contributed by atoms with Crippen molar-refractivity contribution in [3.63, 3.8) is 0 Å². The molecule has 0 amide bonds. The van der Waals surface area contributed by atoms with Gasteiger partial charge >= 0.3 is 3.98 Å². The van der Waals surface area contributed by atoms with Gasteiger partial charge in [-0.15, -0.1) is 0 Å². The van der Waals surface area contributed by atoms with E-state index < -0.39 is 3.98 Å². The van der Waals surface area contributed by atoms with Crippen molar-refractivity contribution in [1.29, 1.82) is 0 Å². The van der Waals surface area contributed by atoms with Gasteiger partial charge in [0.05, 0.1) is 22.6 Å². The third-order valence-corrected chi connectivity index (χ3v) is 5.66. The molecule has 0 atom stereocenters. The summed E-state index contributed by atoms with van der Waals surface area (Å²) in [5, 5.41) is 3.65. The molecular formula is C23H24INO3. The molecule has 146 valence electrons. The molecule has 4 nitrogen and oxygen atoms in total. The first-order valence-corrected chi connectivity index (χ1v) is 10.7. The number of fused-ring (bicyclic) bond motifs is 3. The molecule has 1 aliphatic carbocycles. The first-order chi connectivity index (χ1) is 13.4. The van der Waals surface area contributed by atoms with Gasteiger partial charge < -0.3 is 4.84 Å². The maximum absolute atomic E-state index is 12.8. The average Bonchev–Trinajstić information content (AvgIpc) is 2.96. The molecule has 0 fully saturated rings. The Bertz CT molecular complexity index is 943. The fourth-order valence-electron chi connectivity index (χ4n) is 4.47. The van der Waals surface area contributed by atoms with Crippen LogP contribution in [0.2, 0.25) is 0 Å². The number of carbonyl (C=O) groups excluding carboxylic acids is 2. The summed E-state index contributed by atoms with van der Waals surface area (Å²) in [7, 11) is 0. The zero-order valence-electron chi connectivity index (χ0n) is 16.4. The number of benzene rings is 2. The number of Topliss-reactive ketones (excluding diaryl/α,β-unsaturated/α-hetero) is 1. The lowest BCUT2D eigenvalue weighted by molar-refractivity contribution is 0.106. The van der Waals surface area contributed by atoms with Crippen molar-refractivity contribution in [2.45, 2.75) is 51.9 Å². The lowest BCUT2D eigenvalue weighted by Crippen LogP contribution is -2.25. The Morgan fingerprint density at radius 3 is 2.29 bits per heavy atom. The summed E-state index contributed by atoms with van der Waals surface area (Å²) in [4.78, 5) is 28.4. The molecule has 0 aromatic heterocycles. The lowest BCUT2D eigenvalue weighted by Gasteiger charge is -2.32. The number of carbonyl (C=O) groups is 2. The minimum atomic E-state index is -0.570. The van der Waals surface area contributed by atoms with E-state index in [1.54, 1.807) is 6.92 Å². The molecule has 0 saturated carbocycles. The number of nitrogens with zero attached hydrogens (tertiary/aromatic N) is 1. The van der Waals surface area contributed by atoms with Crippen LogP contribution in [0.25, 0.3) is 11.1 Å². The Morgan fingerprint density at radius 1 is 1.00 bits per heavy atom. The number of ketones is 1. The summed E-state index contributed by atoms with van der Waals surface area (Å²) in [6.45, 7) is 5.99. The first kappa shape index (κ1) is 20.7. The fourth-order valence-corrected chi connectivity index (χ4v) is 4.57. The summed E-state index contributed by atoms with van der Waals surface area (Å²) in [6, 6.07) is 14.5. The molecule has 0 aliphatic heterocycles. The van der Waals surface area contributed by atoms with Gasteiger partial charge in [-0.25, -0.2) is 4.79 Å². The van der Waals surface area contributed by atoms with E-state index in [-0.39, 0.29) is 16.9 Å². The van der Waals surface area contributed by atoms with Gasteiger partial charge in [-0.1, -0.05) is 68.2 Å². The molecule has 0 spiro atoms. The molecule has 5 heteroatoms. The van der Waals surface area contributed by atoms with E-state index in [0.29, 0.717) is 5.56 Å². The molecule has 2 aromatic rings. The predicted molar refractivity (Wildman–Crippen MR) is 120 cm³/mol. The quantitative estimate of drug-likeness (QED) is 0.109. The summed E-state index contributed by atoms with van der Waals surface area (Å²) >= 11 is 1.48. The molecular weight excluding hydrogens is 465 g/mol. The Balaban J connectivity index is 2.12. The van der Waals surface area contributed by atoms with E-state index in [0.717, 1.165) is 25.7 Å². The minimum Gasteiger partial charge on any atom is -0.307 e. The van der Waals surface area contributed by atoms with Crippen molar-refractivity contribution in [3.8, 4) is 11.1 Å². The number of halogens is 1. The summed E-state index contributed by atoms with van der Waals surface area (Å²) in [5.41, 5.74) is 5.74. The van der Waals surface area contributed by atoms with Crippen LogP contribution in [0.3, 0.4) is 0 Å². The number of hydrogen-bond acceptors (Lipinski definition) is 4. The van der Waals surface area contributed by atoms with E-state index in [9.17, 15) is 9.59 Å². The van der Waals surface area contributed by atoms with E-state index in [1.807, 2.05) is 18.2 Å². The van der Waals surface area contributed by atoms with Gasteiger partial charge in [-0.2, -0.15) is 0 Å². The Morgan fingerprint density at radius 2 is 1.64 bits per heavy atom. The largest absolute Gasteiger partial charge is 0.393 e.